The van der Waals surface area contributed by atoms with Gasteiger partial charge in [-0.25, -0.2) is 4.79 Å². The molecule has 2 saturated heterocycles. The van der Waals surface area contributed by atoms with Crippen LogP contribution in [0, 0.1) is 5.92 Å². The highest BCUT2D eigenvalue weighted by molar-refractivity contribution is 5.92. The van der Waals surface area contributed by atoms with E-state index in [-0.39, 0.29) is 29.8 Å². The van der Waals surface area contributed by atoms with Gasteiger partial charge in [-0.3, -0.25) is 9.69 Å². The Morgan fingerprint density at radius 1 is 0.846 bits per heavy atom. The lowest BCUT2D eigenvalue weighted by atomic mass is 9.75. The van der Waals surface area contributed by atoms with Crippen molar-refractivity contribution in [3.63, 3.8) is 0 Å². The first-order valence-corrected chi connectivity index (χ1v) is 15.3. The van der Waals surface area contributed by atoms with E-state index in [9.17, 15) is 9.59 Å². The molecule has 0 spiro atoms. The first-order chi connectivity index (χ1) is 19.1. The van der Waals surface area contributed by atoms with Gasteiger partial charge >= 0.3 is 6.03 Å². The zero-order chi connectivity index (χ0) is 27.0. The predicted molar refractivity (Wildman–Crippen MR) is 158 cm³/mol. The minimum Gasteiger partial charge on any atom is -0.352 e. The molecule has 2 aromatic rings. The third-order valence-electron chi connectivity index (χ3n) is 8.90. The fraction of sp³-hybridized carbons (Fsp3) is 0.576. The highest BCUT2D eigenvalue weighted by Gasteiger charge is 2.33. The van der Waals surface area contributed by atoms with Crippen molar-refractivity contribution in [3.05, 3.63) is 65.7 Å². The Hall–Kier alpha value is -2.86. The number of nitrogens with one attached hydrogen (secondary N) is 1. The fourth-order valence-corrected chi connectivity index (χ4v) is 6.78. The zero-order valence-corrected chi connectivity index (χ0v) is 23.7. The third-order valence-corrected chi connectivity index (χ3v) is 8.90. The lowest BCUT2D eigenvalue weighted by Gasteiger charge is -2.34. The van der Waals surface area contributed by atoms with Gasteiger partial charge in [0, 0.05) is 37.3 Å². The number of benzene rings is 2. The number of carbonyl (C=O) groups is 2. The molecule has 1 N–H and O–H groups in total. The molecule has 0 radical (unpaired) electrons. The summed E-state index contributed by atoms with van der Waals surface area (Å²) in [5.41, 5.74) is 3.29. The Balaban J connectivity index is 1.24. The van der Waals surface area contributed by atoms with Crippen LogP contribution in [-0.2, 0) is 11.3 Å². The van der Waals surface area contributed by atoms with Gasteiger partial charge in [-0.15, -0.1) is 0 Å². The van der Waals surface area contributed by atoms with Crippen molar-refractivity contribution in [1.82, 2.24) is 15.1 Å². The van der Waals surface area contributed by atoms with Crippen LogP contribution in [0.3, 0.4) is 0 Å². The number of nitrogens with zero attached hydrogens (tertiary/aromatic N) is 3. The average molecular weight is 531 g/mol. The van der Waals surface area contributed by atoms with Crippen LogP contribution in [-0.4, -0.2) is 60.5 Å². The van der Waals surface area contributed by atoms with E-state index < -0.39 is 0 Å². The van der Waals surface area contributed by atoms with Crippen LogP contribution in [0.15, 0.2) is 54.6 Å². The standard InChI is InChI=1S/C33H46N4O2/c1-26(24-35-20-8-3-9-21-35)34-32(38)31-15-7-6-14-30(31)28-18-16-27(17-19-28)25-37(29-12-4-2-5-13-29)33(39)36-22-10-11-23-36/h2,4-5,12-13,16-19,26,30-31H,3,6-11,14-15,20-25H2,1H3,(H,34,38)/t26?,30-,31+/m1/s1. The fourth-order valence-electron chi connectivity index (χ4n) is 6.78. The number of rotatable bonds is 8. The maximum absolute atomic E-state index is 13.4. The Morgan fingerprint density at radius 2 is 1.51 bits per heavy atom. The Morgan fingerprint density at radius 3 is 2.23 bits per heavy atom. The summed E-state index contributed by atoms with van der Waals surface area (Å²) < 4.78 is 0. The molecular weight excluding hydrogens is 484 g/mol. The summed E-state index contributed by atoms with van der Waals surface area (Å²) in [6.07, 6.45) is 10.4. The molecule has 210 valence electrons. The van der Waals surface area contributed by atoms with E-state index in [0.29, 0.717) is 6.54 Å². The van der Waals surface area contributed by atoms with Crippen LogP contribution in [0.1, 0.15) is 81.8 Å². The number of piperidine rings is 1. The minimum atomic E-state index is 0.0333. The molecule has 3 atom stereocenters. The summed E-state index contributed by atoms with van der Waals surface area (Å²) in [6.45, 7) is 7.63. The largest absolute Gasteiger partial charge is 0.352 e. The zero-order valence-electron chi connectivity index (χ0n) is 23.7. The molecule has 3 amide bonds. The van der Waals surface area contributed by atoms with Gasteiger partial charge in [-0.1, -0.05) is 61.7 Å². The molecule has 1 unspecified atom stereocenters. The molecule has 5 rings (SSSR count). The molecule has 1 aliphatic carbocycles. The van der Waals surface area contributed by atoms with Gasteiger partial charge in [0.25, 0.3) is 0 Å². The van der Waals surface area contributed by atoms with Gasteiger partial charge < -0.3 is 15.1 Å². The molecule has 39 heavy (non-hydrogen) atoms. The quantitative estimate of drug-likeness (QED) is 0.444. The van der Waals surface area contributed by atoms with Gasteiger partial charge in [-0.2, -0.15) is 0 Å². The number of urea groups is 1. The van der Waals surface area contributed by atoms with Crippen molar-refractivity contribution in [2.45, 2.75) is 83.2 Å². The van der Waals surface area contributed by atoms with Gasteiger partial charge in [0.15, 0.2) is 0 Å². The molecule has 2 heterocycles. The minimum absolute atomic E-state index is 0.0333. The number of likely N-dealkylation sites (tertiary alicyclic amines) is 2. The van der Waals surface area contributed by atoms with Crippen molar-refractivity contribution in [1.29, 1.82) is 0 Å². The van der Waals surface area contributed by atoms with Gasteiger partial charge in [0.2, 0.25) is 5.91 Å². The number of carbonyl (C=O) groups excluding carboxylic acids is 2. The van der Waals surface area contributed by atoms with E-state index in [2.05, 4.69) is 41.4 Å². The van der Waals surface area contributed by atoms with E-state index in [1.807, 2.05) is 40.1 Å². The van der Waals surface area contributed by atoms with Crippen molar-refractivity contribution in [2.75, 3.05) is 37.6 Å². The molecule has 2 aliphatic heterocycles. The van der Waals surface area contributed by atoms with Crippen molar-refractivity contribution >= 4 is 17.6 Å². The molecule has 1 saturated carbocycles. The number of anilines is 1. The van der Waals surface area contributed by atoms with Crippen LogP contribution < -0.4 is 10.2 Å². The summed E-state index contributed by atoms with van der Waals surface area (Å²) in [5, 5.41) is 3.36. The second-order valence-corrected chi connectivity index (χ2v) is 11.9. The molecule has 3 aliphatic rings. The van der Waals surface area contributed by atoms with Crippen LogP contribution >= 0.6 is 0 Å². The third kappa shape index (κ3) is 7.21. The average Bonchev–Trinajstić information content (AvgIpc) is 3.52. The summed E-state index contributed by atoms with van der Waals surface area (Å²) in [6, 6.07) is 19.0. The van der Waals surface area contributed by atoms with Crippen LogP contribution in [0.25, 0.3) is 0 Å². The van der Waals surface area contributed by atoms with Crippen LogP contribution in [0.2, 0.25) is 0 Å². The van der Waals surface area contributed by atoms with E-state index in [0.717, 1.165) is 76.1 Å². The molecular formula is C33H46N4O2. The van der Waals surface area contributed by atoms with E-state index >= 15 is 0 Å². The highest BCUT2D eigenvalue weighted by atomic mass is 16.2. The molecule has 0 bridgehead atoms. The normalized spacial score (nSPS) is 22.8. The van der Waals surface area contributed by atoms with Gasteiger partial charge in [0.05, 0.1) is 6.54 Å². The SMILES string of the molecule is CC(CN1CCCCC1)NC(=O)[C@H]1CCCC[C@@H]1c1ccc(CN(C(=O)N2CCCC2)c2ccccc2)cc1. The van der Waals surface area contributed by atoms with E-state index in [4.69, 9.17) is 0 Å². The van der Waals surface area contributed by atoms with Crippen molar-refractivity contribution < 1.29 is 9.59 Å². The van der Waals surface area contributed by atoms with Crippen molar-refractivity contribution in [2.24, 2.45) is 5.92 Å². The maximum Gasteiger partial charge on any atom is 0.324 e. The molecule has 0 aromatic heterocycles. The number of amides is 3. The second-order valence-electron chi connectivity index (χ2n) is 11.9. The van der Waals surface area contributed by atoms with Crippen molar-refractivity contribution in [3.8, 4) is 0 Å². The summed E-state index contributed by atoms with van der Waals surface area (Å²) >= 11 is 0. The second kappa shape index (κ2) is 13.5. The number of para-hydroxylation sites is 1. The Bertz CT molecular complexity index is 1060. The maximum atomic E-state index is 13.4. The smallest absolute Gasteiger partial charge is 0.324 e. The first-order valence-electron chi connectivity index (χ1n) is 15.3. The van der Waals surface area contributed by atoms with Crippen LogP contribution in [0.5, 0.6) is 0 Å². The summed E-state index contributed by atoms with van der Waals surface area (Å²) in [4.78, 5) is 33.2. The number of hydrogen-bond donors (Lipinski definition) is 1. The van der Waals surface area contributed by atoms with Crippen LogP contribution in [0.4, 0.5) is 10.5 Å². The van der Waals surface area contributed by atoms with E-state index in [1.165, 1.54) is 31.2 Å². The topological polar surface area (TPSA) is 55.9 Å². The molecule has 6 heteroatoms. The molecule has 3 fully saturated rings. The van der Waals surface area contributed by atoms with Gasteiger partial charge in [0.1, 0.15) is 0 Å². The number of hydrogen-bond acceptors (Lipinski definition) is 3. The Kier molecular flexibility index (Phi) is 9.57. The lowest BCUT2D eigenvalue weighted by Crippen LogP contribution is -2.46. The highest BCUT2D eigenvalue weighted by Crippen LogP contribution is 2.38. The monoisotopic (exact) mass is 530 g/mol. The molecule has 6 nitrogen and oxygen atoms in total. The van der Waals surface area contributed by atoms with E-state index in [1.54, 1.807) is 0 Å². The lowest BCUT2D eigenvalue weighted by molar-refractivity contribution is -0.127. The predicted octanol–water partition coefficient (Wildman–Crippen LogP) is 6.17. The summed E-state index contributed by atoms with van der Waals surface area (Å²) in [7, 11) is 0. The molecule has 2 aromatic carbocycles. The van der Waals surface area contributed by atoms with Gasteiger partial charge in [-0.05, 0) is 87.7 Å². The Labute approximate surface area is 234 Å². The first kappa shape index (κ1) is 27.7. The summed E-state index contributed by atoms with van der Waals surface area (Å²) in [5.74, 6) is 0.511.